The molecule has 1 heterocycles. The first-order chi connectivity index (χ1) is 17.9. The van der Waals surface area contributed by atoms with Crippen LogP contribution in [0.2, 0.25) is 0 Å². The maximum absolute atomic E-state index is 13.4. The third-order valence-corrected chi connectivity index (χ3v) is 6.83. The molecular weight excluding hydrogens is 474 g/mol. The van der Waals surface area contributed by atoms with Gasteiger partial charge in [-0.25, -0.2) is 4.79 Å². The molecule has 0 aromatic heterocycles. The number of imide groups is 2. The van der Waals surface area contributed by atoms with Gasteiger partial charge in [-0.1, -0.05) is 49.6 Å². The molecule has 0 unspecified atom stereocenters. The van der Waals surface area contributed by atoms with Crippen LogP contribution in [-0.2, 0) is 16.2 Å². The molecule has 1 aliphatic carbocycles. The van der Waals surface area contributed by atoms with E-state index in [1.807, 2.05) is 30.3 Å². The Hall–Kier alpha value is -4.53. The Morgan fingerprint density at radius 3 is 2.43 bits per heavy atom. The average Bonchev–Trinajstić information content (AvgIpc) is 2.91. The number of nitrogens with zero attached hydrogens (tertiary/aromatic N) is 2. The van der Waals surface area contributed by atoms with Gasteiger partial charge in [0.1, 0.15) is 17.9 Å². The molecular formula is C28H25N3O6. The Bertz CT molecular complexity index is 1420. The van der Waals surface area contributed by atoms with Crippen molar-refractivity contribution >= 4 is 40.4 Å². The number of nitro benzene ring substituents is 1. The van der Waals surface area contributed by atoms with Gasteiger partial charge in [0.2, 0.25) is 0 Å². The smallest absolute Gasteiger partial charge is 0.331 e. The zero-order chi connectivity index (χ0) is 25.9. The topological polar surface area (TPSA) is 119 Å². The van der Waals surface area contributed by atoms with Gasteiger partial charge >= 0.3 is 6.03 Å². The lowest BCUT2D eigenvalue weighted by Crippen LogP contribution is -2.58. The molecule has 9 nitrogen and oxygen atoms in total. The Kier molecular flexibility index (Phi) is 6.68. The highest BCUT2D eigenvalue weighted by Gasteiger charge is 2.40. The van der Waals surface area contributed by atoms with Crippen LogP contribution in [0.1, 0.15) is 43.2 Å². The number of nitrogens with one attached hydrogen (secondary N) is 1. The third-order valence-electron chi connectivity index (χ3n) is 6.83. The van der Waals surface area contributed by atoms with Gasteiger partial charge in [0.25, 0.3) is 17.5 Å². The van der Waals surface area contributed by atoms with Crippen LogP contribution in [-0.4, -0.2) is 33.7 Å². The van der Waals surface area contributed by atoms with Crippen molar-refractivity contribution in [3.05, 3.63) is 87.5 Å². The van der Waals surface area contributed by atoms with Gasteiger partial charge in [-0.15, -0.1) is 0 Å². The fourth-order valence-electron chi connectivity index (χ4n) is 4.91. The summed E-state index contributed by atoms with van der Waals surface area (Å²) in [7, 11) is 0. The van der Waals surface area contributed by atoms with Crippen LogP contribution in [0.3, 0.4) is 0 Å². The minimum Gasteiger partial charge on any atom is -0.488 e. The predicted molar refractivity (Wildman–Crippen MR) is 137 cm³/mol. The number of barbiturate groups is 1. The van der Waals surface area contributed by atoms with E-state index < -0.39 is 22.8 Å². The van der Waals surface area contributed by atoms with E-state index in [-0.39, 0.29) is 23.9 Å². The predicted octanol–water partition coefficient (Wildman–Crippen LogP) is 5.12. The molecule has 1 saturated heterocycles. The molecule has 0 spiro atoms. The fourth-order valence-corrected chi connectivity index (χ4v) is 4.91. The number of ether oxygens (including phenoxy) is 1. The van der Waals surface area contributed by atoms with Crippen LogP contribution in [0, 0.1) is 10.1 Å². The normalized spacial score (nSPS) is 17.8. The Balaban J connectivity index is 1.51. The van der Waals surface area contributed by atoms with Crippen LogP contribution >= 0.6 is 0 Å². The summed E-state index contributed by atoms with van der Waals surface area (Å²) in [5.74, 6) is -0.905. The van der Waals surface area contributed by atoms with E-state index in [9.17, 15) is 24.5 Å². The first-order valence-electron chi connectivity index (χ1n) is 12.2. The van der Waals surface area contributed by atoms with E-state index in [4.69, 9.17) is 4.74 Å². The largest absolute Gasteiger partial charge is 0.488 e. The monoisotopic (exact) mass is 499 g/mol. The van der Waals surface area contributed by atoms with Gasteiger partial charge in [0.15, 0.2) is 0 Å². The van der Waals surface area contributed by atoms with Crippen LogP contribution in [0.25, 0.3) is 16.8 Å². The SMILES string of the molecule is O=C1NC(=O)N(C2CCCCC2)C(=O)C1=Cc1c(OCc2ccc([N+](=O)[O-])cc2)ccc2ccccc12. The number of rotatable bonds is 6. The fraction of sp³-hybridized carbons (Fsp3) is 0.250. The van der Waals surface area contributed by atoms with Crippen molar-refractivity contribution in [2.24, 2.45) is 0 Å². The second-order valence-corrected chi connectivity index (χ2v) is 9.20. The molecule has 0 atom stereocenters. The van der Waals surface area contributed by atoms with Gasteiger partial charge in [-0.3, -0.25) is 29.9 Å². The quantitative estimate of drug-likeness (QED) is 0.218. The lowest BCUT2D eigenvalue weighted by molar-refractivity contribution is -0.384. The molecule has 3 aromatic carbocycles. The number of hydrogen-bond donors (Lipinski definition) is 1. The van der Waals surface area contributed by atoms with Crippen molar-refractivity contribution in [2.75, 3.05) is 0 Å². The lowest BCUT2D eigenvalue weighted by Gasteiger charge is -2.35. The van der Waals surface area contributed by atoms with Crippen molar-refractivity contribution in [1.82, 2.24) is 10.2 Å². The lowest BCUT2D eigenvalue weighted by atomic mass is 9.93. The standard InChI is InChI=1S/C28H25N3O6/c32-26-24(27(33)30(28(34)29-26)20-7-2-1-3-8-20)16-23-22-9-5-4-6-19(22)12-15-25(23)37-17-18-10-13-21(14-11-18)31(35)36/h4-6,9-16,20H,1-3,7-8,17H2,(H,29,32,34). The molecule has 37 heavy (non-hydrogen) atoms. The van der Waals surface area contributed by atoms with E-state index in [0.29, 0.717) is 11.3 Å². The number of nitro groups is 1. The van der Waals surface area contributed by atoms with E-state index in [0.717, 1.165) is 48.4 Å². The zero-order valence-electron chi connectivity index (χ0n) is 20.0. The number of non-ortho nitro benzene ring substituents is 1. The number of hydrogen-bond acceptors (Lipinski definition) is 6. The Morgan fingerprint density at radius 1 is 0.973 bits per heavy atom. The molecule has 9 heteroatoms. The van der Waals surface area contributed by atoms with Crippen LogP contribution in [0.15, 0.2) is 66.2 Å². The van der Waals surface area contributed by atoms with Crippen LogP contribution in [0.4, 0.5) is 10.5 Å². The van der Waals surface area contributed by atoms with Crippen LogP contribution in [0.5, 0.6) is 5.75 Å². The summed E-state index contributed by atoms with van der Waals surface area (Å²) in [6.07, 6.45) is 5.86. The molecule has 188 valence electrons. The highest BCUT2D eigenvalue weighted by molar-refractivity contribution is 6.31. The highest BCUT2D eigenvalue weighted by Crippen LogP contribution is 2.33. The van der Waals surface area contributed by atoms with E-state index >= 15 is 0 Å². The summed E-state index contributed by atoms with van der Waals surface area (Å²) in [5, 5.41) is 14.9. The molecule has 0 radical (unpaired) electrons. The molecule has 2 aliphatic rings. The summed E-state index contributed by atoms with van der Waals surface area (Å²) < 4.78 is 6.07. The number of urea groups is 1. The van der Waals surface area contributed by atoms with E-state index in [1.54, 1.807) is 18.2 Å². The molecule has 5 rings (SSSR count). The maximum atomic E-state index is 13.4. The molecule has 1 N–H and O–H groups in total. The van der Waals surface area contributed by atoms with Crippen molar-refractivity contribution in [3.63, 3.8) is 0 Å². The van der Waals surface area contributed by atoms with Crippen LogP contribution < -0.4 is 10.1 Å². The summed E-state index contributed by atoms with van der Waals surface area (Å²) in [5.41, 5.74) is 1.12. The van der Waals surface area contributed by atoms with Gasteiger partial charge in [0.05, 0.1) is 4.92 Å². The van der Waals surface area contributed by atoms with Crippen molar-refractivity contribution in [2.45, 2.75) is 44.8 Å². The number of benzene rings is 3. The molecule has 4 amide bonds. The summed E-state index contributed by atoms with van der Waals surface area (Å²) in [6, 6.07) is 16.3. The van der Waals surface area contributed by atoms with E-state index in [1.165, 1.54) is 23.1 Å². The van der Waals surface area contributed by atoms with Crippen molar-refractivity contribution in [3.8, 4) is 5.75 Å². The summed E-state index contributed by atoms with van der Waals surface area (Å²) in [4.78, 5) is 50.5. The number of fused-ring (bicyclic) bond motifs is 1. The van der Waals surface area contributed by atoms with Gasteiger partial charge in [-0.05, 0) is 53.5 Å². The van der Waals surface area contributed by atoms with E-state index in [2.05, 4.69) is 5.32 Å². The van der Waals surface area contributed by atoms with Gasteiger partial charge in [-0.2, -0.15) is 0 Å². The molecule has 2 fully saturated rings. The summed E-state index contributed by atoms with van der Waals surface area (Å²) in [6.45, 7) is 0.124. The van der Waals surface area contributed by atoms with Gasteiger partial charge < -0.3 is 4.74 Å². The molecule has 0 bridgehead atoms. The second-order valence-electron chi connectivity index (χ2n) is 9.20. The third kappa shape index (κ3) is 4.93. The number of carbonyl (C=O) groups is 3. The number of carbonyl (C=O) groups excluding carboxylic acids is 3. The maximum Gasteiger partial charge on any atom is 0.331 e. The molecule has 3 aromatic rings. The summed E-state index contributed by atoms with van der Waals surface area (Å²) >= 11 is 0. The minimum atomic E-state index is -0.740. The first kappa shape index (κ1) is 24.2. The first-order valence-corrected chi connectivity index (χ1v) is 12.2. The zero-order valence-corrected chi connectivity index (χ0v) is 20.0. The van der Waals surface area contributed by atoms with Crippen molar-refractivity contribution in [1.29, 1.82) is 0 Å². The average molecular weight is 500 g/mol. The highest BCUT2D eigenvalue weighted by atomic mass is 16.6. The molecule has 1 saturated carbocycles. The Morgan fingerprint density at radius 2 is 1.70 bits per heavy atom. The Labute approximate surface area is 212 Å². The number of amides is 4. The van der Waals surface area contributed by atoms with Gasteiger partial charge in [0, 0.05) is 23.7 Å². The second kappa shape index (κ2) is 10.2. The molecule has 1 aliphatic heterocycles. The van der Waals surface area contributed by atoms with Crippen molar-refractivity contribution < 1.29 is 24.0 Å². The minimum absolute atomic E-state index is 0.0150.